The van der Waals surface area contributed by atoms with Crippen molar-refractivity contribution in [3.63, 3.8) is 0 Å². The summed E-state index contributed by atoms with van der Waals surface area (Å²) in [4.78, 5) is 13.8. The number of nitrogens with zero attached hydrogens (tertiary/aromatic N) is 3. The fourth-order valence-electron chi connectivity index (χ4n) is 2.59. The van der Waals surface area contributed by atoms with Gasteiger partial charge in [0.2, 0.25) is 11.8 Å². The number of hydrogen-bond acceptors (Lipinski definition) is 6. The van der Waals surface area contributed by atoms with E-state index in [1.807, 2.05) is 11.3 Å². The largest absolute Gasteiger partial charge is 0.481 e. The molecular formula is C15H20N4OS. The number of nitrogens with one attached hydrogen (secondary N) is 1. The number of aryl methyl sites for hydroxylation is 1. The molecule has 0 spiro atoms. The van der Waals surface area contributed by atoms with Crippen molar-refractivity contribution < 1.29 is 4.74 Å². The Morgan fingerprint density at radius 2 is 2.33 bits per heavy atom. The number of hydrogen-bond donors (Lipinski definition) is 1. The van der Waals surface area contributed by atoms with E-state index >= 15 is 0 Å². The summed E-state index contributed by atoms with van der Waals surface area (Å²) in [5, 5.41) is 3.40. The van der Waals surface area contributed by atoms with Gasteiger partial charge in [0.05, 0.1) is 7.11 Å². The molecule has 3 rings (SSSR count). The van der Waals surface area contributed by atoms with Crippen molar-refractivity contribution in [3.8, 4) is 5.88 Å². The monoisotopic (exact) mass is 304 g/mol. The van der Waals surface area contributed by atoms with Gasteiger partial charge in [0.15, 0.2) is 0 Å². The Labute approximate surface area is 129 Å². The number of likely N-dealkylation sites (tertiary alicyclic amines) is 1. The molecule has 1 aliphatic heterocycles. The quantitative estimate of drug-likeness (QED) is 0.920. The van der Waals surface area contributed by atoms with Gasteiger partial charge < -0.3 is 10.1 Å². The van der Waals surface area contributed by atoms with Gasteiger partial charge in [-0.05, 0) is 25.5 Å². The molecule has 1 fully saturated rings. The van der Waals surface area contributed by atoms with Crippen molar-refractivity contribution in [2.24, 2.45) is 0 Å². The molecule has 0 amide bonds. The van der Waals surface area contributed by atoms with Gasteiger partial charge in [-0.25, -0.2) is 4.98 Å². The van der Waals surface area contributed by atoms with E-state index in [1.54, 1.807) is 19.4 Å². The van der Waals surface area contributed by atoms with E-state index in [9.17, 15) is 0 Å². The zero-order valence-electron chi connectivity index (χ0n) is 12.4. The highest BCUT2D eigenvalue weighted by Crippen LogP contribution is 2.21. The maximum Gasteiger partial charge on any atom is 0.226 e. The van der Waals surface area contributed by atoms with Crippen LogP contribution in [0.3, 0.4) is 0 Å². The van der Waals surface area contributed by atoms with Gasteiger partial charge in [-0.2, -0.15) is 4.98 Å². The van der Waals surface area contributed by atoms with Gasteiger partial charge >= 0.3 is 0 Å². The number of aromatic nitrogens is 2. The van der Waals surface area contributed by atoms with E-state index in [0.29, 0.717) is 17.9 Å². The highest BCUT2D eigenvalue weighted by atomic mass is 32.1. The zero-order valence-corrected chi connectivity index (χ0v) is 13.2. The van der Waals surface area contributed by atoms with Gasteiger partial charge in [0.1, 0.15) is 0 Å². The van der Waals surface area contributed by atoms with Gasteiger partial charge in [-0.3, -0.25) is 4.90 Å². The molecule has 0 saturated carbocycles. The lowest BCUT2D eigenvalue weighted by molar-refractivity contribution is 0.331. The number of thiophene rings is 1. The van der Waals surface area contributed by atoms with E-state index in [1.165, 1.54) is 9.75 Å². The first-order valence-corrected chi connectivity index (χ1v) is 7.96. The molecule has 0 radical (unpaired) electrons. The molecule has 0 aliphatic carbocycles. The Morgan fingerprint density at radius 1 is 1.43 bits per heavy atom. The molecule has 21 heavy (non-hydrogen) atoms. The van der Waals surface area contributed by atoms with Crippen molar-refractivity contribution in [3.05, 3.63) is 34.2 Å². The Morgan fingerprint density at radius 3 is 3.10 bits per heavy atom. The van der Waals surface area contributed by atoms with Crippen LogP contribution in [-0.2, 0) is 6.54 Å². The maximum absolute atomic E-state index is 5.12. The molecule has 1 saturated heterocycles. The molecule has 1 aliphatic rings. The van der Waals surface area contributed by atoms with Crippen LogP contribution in [0.5, 0.6) is 5.88 Å². The van der Waals surface area contributed by atoms with Crippen LogP contribution < -0.4 is 10.1 Å². The first kappa shape index (κ1) is 14.3. The Kier molecular flexibility index (Phi) is 4.36. The van der Waals surface area contributed by atoms with E-state index in [-0.39, 0.29) is 0 Å². The molecule has 2 aromatic rings. The van der Waals surface area contributed by atoms with Gasteiger partial charge in [0.25, 0.3) is 0 Å². The van der Waals surface area contributed by atoms with Crippen LogP contribution >= 0.6 is 11.3 Å². The van der Waals surface area contributed by atoms with E-state index < -0.39 is 0 Å². The maximum atomic E-state index is 5.12. The predicted molar refractivity (Wildman–Crippen MR) is 84.9 cm³/mol. The van der Waals surface area contributed by atoms with Crippen LogP contribution in [0.4, 0.5) is 5.95 Å². The molecule has 0 bridgehead atoms. The first-order valence-electron chi connectivity index (χ1n) is 7.14. The standard InChI is InChI=1S/C15H20N4OS/c1-11-3-4-13(21-11)10-19-8-6-12(9-19)17-15-16-7-5-14(18-15)20-2/h3-5,7,12H,6,8-10H2,1-2H3,(H,16,17,18). The third kappa shape index (κ3) is 3.71. The predicted octanol–water partition coefficient (Wildman–Crippen LogP) is 2.54. The molecule has 112 valence electrons. The lowest BCUT2D eigenvalue weighted by atomic mass is 10.3. The van der Waals surface area contributed by atoms with Gasteiger partial charge in [-0.15, -0.1) is 11.3 Å². The van der Waals surface area contributed by atoms with Crippen LogP contribution in [0.2, 0.25) is 0 Å². The summed E-state index contributed by atoms with van der Waals surface area (Å²) >= 11 is 1.88. The normalized spacial score (nSPS) is 18.9. The summed E-state index contributed by atoms with van der Waals surface area (Å²) in [5.74, 6) is 1.24. The van der Waals surface area contributed by atoms with E-state index in [2.05, 4.69) is 39.2 Å². The molecule has 1 atom stereocenters. The molecule has 1 N–H and O–H groups in total. The van der Waals surface area contributed by atoms with Crippen LogP contribution in [-0.4, -0.2) is 41.1 Å². The summed E-state index contributed by atoms with van der Waals surface area (Å²) in [6.07, 6.45) is 2.83. The number of ether oxygens (including phenoxy) is 1. The SMILES string of the molecule is COc1ccnc(NC2CCN(Cc3ccc(C)s3)C2)n1. The van der Waals surface area contributed by atoms with Crippen LogP contribution in [0.15, 0.2) is 24.4 Å². The lowest BCUT2D eigenvalue weighted by Crippen LogP contribution is -2.26. The lowest BCUT2D eigenvalue weighted by Gasteiger charge is -2.16. The number of rotatable bonds is 5. The van der Waals surface area contributed by atoms with Crippen molar-refractivity contribution in [1.29, 1.82) is 0 Å². The minimum absolute atomic E-state index is 0.401. The van der Waals surface area contributed by atoms with Crippen LogP contribution in [0.25, 0.3) is 0 Å². The molecule has 3 heterocycles. The Hall–Kier alpha value is -1.66. The Balaban J connectivity index is 1.54. The van der Waals surface area contributed by atoms with Crippen LogP contribution in [0.1, 0.15) is 16.2 Å². The second-order valence-electron chi connectivity index (χ2n) is 5.30. The molecule has 0 aromatic carbocycles. The van der Waals surface area contributed by atoms with Crippen molar-refractivity contribution >= 4 is 17.3 Å². The Bertz CT molecular complexity index is 601. The summed E-state index contributed by atoms with van der Waals surface area (Å²) in [5.41, 5.74) is 0. The summed E-state index contributed by atoms with van der Waals surface area (Å²) in [7, 11) is 1.62. The zero-order chi connectivity index (χ0) is 14.7. The molecule has 2 aromatic heterocycles. The average molecular weight is 304 g/mol. The topological polar surface area (TPSA) is 50.3 Å². The second-order valence-corrected chi connectivity index (χ2v) is 6.67. The molecule has 6 heteroatoms. The summed E-state index contributed by atoms with van der Waals surface area (Å²) < 4.78 is 5.12. The smallest absolute Gasteiger partial charge is 0.226 e. The number of methoxy groups -OCH3 is 1. The second kappa shape index (κ2) is 6.41. The minimum atomic E-state index is 0.401. The third-order valence-corrected chi connectivity index (χ3v) is 4.61. The van der Waals surface area contributed by atoms with Crippen molar-refractivity contribution in [2.45, 2.75) is 25.9 Å². The fraction of sp³-hybridized carbons (Fsp3) is 0.467. The van der Waals surface area contributed by atoms with Crippen LogP contribution in [0, 0.1) is 6.92 Å². The fourth-order valence-corrected chi connectivity index (χ4v) is 3.53. The average Bonchev–Trinajstić information content (AvgIpc) is 3.09. The molecular weight excluding hydrogens is 284 g/mol. The summed E-state index contributed by atoms with van der Waals surface area (Å²) in [6, 6.07) is 6.57. The molecule has 1 unspecified atom stereocenters. The minimum Gasteiger partial charge on any atom is -0.481 e. The first-order chi connectivity index (χ1) is 10.2. The van der Waals surface area contributed by atoms with E-state index in [0.717, 1.165) is 26.1 Å². The highest BCUT2D eigenvalue weighted by Gasteiger charge is 2.23. The highest BCUT2D eigenvalue weighted by molar-refractivity contribution is 7.11. The van der Waals surface area contributed by atoms with Gasteiger partial charge in [0, 0.05) is 47.7 Å². The van der Waals surface area contributed by atoms with Gasteiger partial charge in [-0.1, -0.05) is 0 Å². The summed E-state index contributed by atoms with van der Waals surface area (Å²) in [6.45, 7) is 5.33. The van der Waals surface area contributed by atoms with Crippen molar-refractivity contribution in [1.82, 2.24) is 14.9 Å². The molecule has 5 nitrogen and oxygen atoms in total. The van der Waals surface area contributed by atoms with E-state index in [4.69, 9.17) is 4.74 Å². The van der Waals surface area contributed by atoms with Crippen molar-refractivity contribution in [2.75, 3.05) is 25.5 Å². The third-order valence-electron chi connectivity index (χ3n) is 3.62. The number of anilines is 1.